The van der Waals surface area contributed by atoms with Gasteiger partial charge in [0.25, 0.3) is 0 Å². The molecule has 0 saturated carbocycles. The molecule has 2 aliphatic carbocycles. The zero-order valence-corrected chi connectivity index (χ0v) is 32.8. The first-order chi connectivity index (χ1) is 28.8. The van der Waals surface area contributed by atoms with E-state index in [1.54, 1.807) is 5.56 Å². The largest absolute Gasteiger partial charge is 0.310 e. The summed E-state index contributed by atoms with van der Waals surface area (Å²) in [4.78, 5) is 1.50. The first-order valence-electron chi connectivity index (χ1n) is 20.5. The summed E-state index contributed by atoms with van der Waals surface area (Å²) in [5, 5.41) is 7.89. The van der Waals surface area contributed by atoms with Gasteiger partial charge in [-0.1, -0.05) is 158 Å². The molecular weight excluding hydrogens is 719 g/mol. The lowest BCUT2D eigenvalue weighted by Crippen LogP contribution is -2.12. The normalized spacial score (nSPS) is 14.9. The maximum Gasteiger partial charge on any atom is 0.0537 e. The van der Waals surface area contributed by atoms with E-state index in [9.17, 15) is 0 Å². The standard InChI is InChI=1S/C56H39NS/c1-3-14-37(15-4-1)54-45-20-7-8-21-46(45)55(38-16-5-2-6-17-38)50-34-39(28-32-47(50)54)36-26-30-41(31-27-36)57-51-24-11-9-18-43(51)49-35-40(29-33-52(49)57)42-22-13-23-48-44-19-10-12-25-53(44)58-56(42)48/h1-12,14-22,24-34,40H,13,23,35H2. The molecule has 2 aromatic heterocycles. The average molecular weight is 758 g/mol. The Balaban J connectivity index is 0.958. The van der Waals surface area contributed by atoms with Gasteiger partial charge >= 0.3 is 0 Å². The van der Waals surface area contributed by atoms with Gasteiger partial charge in [0.05, 0.1) is 5.52 Å². The fourth-order valence-corrected chi connectivity index (χ4v) is 11.4. The lowest BCUT2D eigenvalue weighted by atomic mass is 9.82. The van der Waals surface area contributed by atoms with E-state index in [0.717, 1.165) is 19.3 Å². The molecule has 0 saturated heterocycles. The van der Waals surface area contributed by atoms with Crippen LogP contribution in [0.15, 0.2) is 188 Å². The Bertz CT molecular complexity index is 3290. The maximum absolute atomic E-state index is 2.52. The molecule has 0 aliphatic heterocycles. The molecule has 2 aliphatic rings. The fourth-order valence-electron chi connectivity index (χ4n) is 10.1. The highest BCUT2D eigenvalue weighted by atomic mass is 32.1. The molecule has 8 aromatic carbocycles. The van der Waals surface area contributed by atoms with Crippen LogP contribution >= 0.6 is 11.3 Å². The molecule has 2 heterocycles. The summed E-state index contributed by atoms with van der Waals surface area (Å²) in [5.41, 5.74) is 15.7. The molecule has 12 rings (SSSR count). The Morgan fingerprint density at radius 2 is 1.09 bits per heavy atom. The van der Waals surface area contributed by atoms with Gasteiger partial charge in [-0.3, -0.25) is 0 Å². The zero-order chi connectivity index (χ0) is 38.2. The minimum atomic E-state index is 0.370. The van der Waals surface area contributed by atoms with E-state index in [-0.39, 0.29) is 0 Å². The Morgan fingerprint density at radius 1 is 0.483 bits per heavy atom. The number of fused-ring (bicyclic) bond motifs is 8. The first-order valence-corrected chi connectivity index (χ1v) is 21.3. The van der Waals surface area contributed by atoms with Gasteiger partial charge in [0.2, 0.25) is 0 Å². The van der Waals surface area contributed by atoms with E-state index in [0.29, 0.717) is 5.92 Å². The van der Waals surface area contributed by atoms with Gasteiger partial charge in [-0.05, 0) is 133 Å². The Hall–Kier alpha value is -6.74. The second kappa shape index (κ2) is 13.4. The van der Waals surface area contributed by atoms with Crippen molar-refractivity contribution < 1.29 is 0 Å². The Labute approximate surface area is 342 Å². The predicted molar refractivity (Wildman–Crippen MR) is 249 cm³/mol. The van der Waals surface area contributed by atoms with Crippen molar-refractivity contribution in [3.63, 3.8) is 0 Å². The van der Waals surface area contributed by atoms with Crippen molar-refractivity contribution >= 4 is 65.5 Å². The van der Waals surface area contributed by atoms with Crippen molar-refractivity contribution in [1.82, 2.24) is 4.57 Å². The lowest BCUT2D eigenvalue weighted by molar-refractivity contribution is 0.803. The van der Waals surface area contributed by atoms with Crippen LogP contribution in [0.3, 0.4) is 0 Å². The number of aromatic nitrogens is 1. The van der Waals surface area contributed by atoms with Crippen LogP contribution in [-0.4, -0.2) is 4.57 Å². The Morgan fingerprint density at radius 3 is 1.83 bits per heavy atom. The molecule has 0 N–H and O–H groups in total. The third-order valence-electron chi connectivity index (χ3n) is 12.7. The van der Waals surface area contributed by atoms with Gasteiger partial charge < -0.3 is 4.57 Å². The highest BCUT2D eigenvalue weighted by molar-refractivity contribution is 7.20. The van der Waals surface area contributed by atoms with Gasteiger partial charge in [0.15, 0.2) is 0 Å². The summed E-state index contributed by atoms with van der Waals surface area (Å²) < 4.78 is 3.89. The van der Waals surface area contributed by atoms with Gasteiger partial charge in [-0.15, -0.1) is 11.3 Å². The molecule has 1 atom stereocenters. The third kappa shape index (κ3) is 5.22. The summed E-state index contributed by atoms with van der Waals surface area (Å²) in [6.45, 7) is 0. The Kier molecular flexibility index (Phi) is 7.74. The van der Waals surface area contributed by atoms with Crippen molar-refractivity contribution in [1.29, 1.82) is 0 Å². The summed E-state index contributed by atoms with van der Waals surface area (Å²) >= 11 is 1.98. The molecular formula is C56H39NS. The van der Waals surface area contributed by atoms with Crippen molar-refractivity contribution in [2.45, 2.75) is 19.3 Å². The number of aryl methyl sites for hydroxylation is 1. The molecule has 2 heteroatoms. The van der Waals surface area contributed by atoms with Crippen LogP contribution < -0.4 is 0 Å². The van der Waals surface area contributed by atoms with E-state index in [2.05, 4.69) is 199 Å². The van der Waals surface area contributed by atoms with Crippen LogP contribution in [0.5, 0.6) is 0 Å². The van der Waals surface area contributed by atoms with Crippen molar-refractivity contribution in [3.8, 4) is 39.1 Å². The van der Waals surface area contributed by atoms with Crippen LogP contribution in [0.4, 0.5) is 0 Å². The molecule has 1 nitrogen and oxygen atoms in total. The number of hydrogen-bond donors (Lipinski definition) is 0. The molecule has 0 spiro atoms. The van der Waals surface area contributed by atoms with E-state index >= 15 is 0 Å². The van der Waals surface area contributed by atoms with E-state index in [1.807, 2.05) is 11.3 Å². The number of allylic oxidation sites excluding steroid dienone is 3. The number of thiophene rings is 1. The smallest absolute Gasteiger partial charge is 0.0537 e. The van der Waals surface area contributed by atoms with Crippen LogP contribution in [0.2, 0.25) is 0 Å². The molecule has 0 fully saturated rings. The van der Waals surface area contributed by atoms with Crippen LogP contribution in [-0.2, 0) is 12.8 Å². The van der Waals surface area contributed by atoms with E-state index in [4.69, 9.17) is 0 Å². The van der Waals surface area contributed by atoms with E-state index < -0.39 is 0 Å². The van der Waals surface area contributed by atoms with Crippen LogP contribution in [0.1, 0.15) is 28.1 Å². The number of para-hydroxylation sites is 1. The summed E-state index contributed by atoms with van der Waals surface area (Å²) in [6, 6.07) is 65.0. The van der Waals surface area contributed by atoms with Crippen molar-refractivity contribution in [2.75, 3.05) is 0 Å². The third-order valence-corrected chi connectivity index (χ3v) is 13.9. The highest BCUT2D eigenvalue weighted by Gasteiger charge is 2.29. The first kappa shape index (κ1) is 33.4. The lowest BCUT2D eigenvalue weighted by Gasteiger charge is -2.24. The quantitative estimate of drug-likeness (QED) is 0.154. The molecule has 10 aromatic rings. The maximum atomic E-state index is 2.52. The summed E-state index contributed by atoms with van der Waals surface area (Å²) in [5.74, 6) is 0.370. The van der Waals surface area contributed by atoms with Gasteiger partial charge in [0, 0.05) is 32.3 Å². The second-order valence-corrected chi connectivity index (χ2v) is 16.9. The van der Waals surface area contributed by atoms with Gasteiger partial charge in [-0.25, -0.2) is 0 Å². The molecule has 0 amide bonds. The fraction of sp³-hybridized carbons (Fsp3) is 0.0714. The van der Waals surface area contributed by atoms with Crippen LogP contribution in [0, 0.1) is 5.92 Å². The average Bonchev–Trinajstić information content (AvgIpc) is 3.84. The minimum Gasteiger partial charge on any atom is -0.310 e. The predicted octanol–water partition coefficient (Wildman–Crippen LogP) is 15.4. The highest BCUT2D eigenvalue weighted by Crippen LogP contribution is 2.47. The summed E-state index contributed by atoms with van der Waals surface area (Å²) in [7, 11) is 0. The minimum absolute atomic E-state index is 0.370. The number of benzene rings is 8. The van der Waals surface area contributed by atoms with Crippen molar-refractivity contribution in [3.05, 3.63) is 210 Å². The molecule has 0 bridgehead atoms. The van der Waals surface area contributed by atoms with Crippen LogP contribution in [0.25, 0.3) is 93.3 Å². The SMILES string of the molecule is C1=CC(C2=CCCc3c2sc2ccccc32)Cc2c1n(-c1ccc(-c3ccc4c(-c5ccccc5)c5ccccc5c(-c5ccccc5)c4c3)cc1)c1ccccc21. The molecule has 1 unspecified atom stereocenters. The second-order valence-electron chi connectivity index (χ2n) is 15.8. The summed E-state index contributed by atoms with van der Waals surface area (Å²) in [6.07, 6.45) is 10.7. The number of hydrogen-bond acceptors (Lipinski definition) is 1. The topological polar surface area (TPSA) is 4.93 Å². The zero-order valence-electron chi connectivity index (χ0n) is 32.0. The van der Waals surface area contributed by atoms with E-state index in [1.165, 1.54) is 103 Å². The molecule has 274 valence electrons. The number of rotatable bonds is 5. The van der Waals surface area contributed by atoms with Crippen molar-refractivity contribution in [2.24, 2.45) is 5.92 Å². The monoisotopic (exact) mass is 757 g/mol. The number of nitrogens with zero attached hydrogens (tertiary/aromatic N) is 1. The molecule has 58 heavy (non-hydrogen) atoms. The van der Waals surface area contributed by atoms with Gasteiger partial charge in [0.1, 0.15) is 0 Å². The molecule has 0 radical (unpaired) electrons. The van der Waals surface area contributed by atoms with Gasteiger partial charge in [-0.2, -0.15) is 0 Å².